The lowest BCUT2D eigenvalue weighted by atomic mass is 10.1. The van der Waals surface area contributed by atoms with Crippen LogP contribution >= 0.6 is 0 Å². The maximum Gasteiger partial charge on any atom is 0.412 e. The van der Waals surface area contributed by atoms with Crippen molar-refractivity contribution < 1.29 is 9.53 Å². The number of carbonyl (C=O) groups excluding carboxylic acids is 1. The third-order valence-electron chi connectivity index (χ3n) is 2.32. The molecule has 0 unspecified atom stereocenters. The second kappa shape index (κ2) is 4.53. The number of hydrogen-bond acceptors (Lipinski definition) is 2. The van der Waals surface area contributed by atoms with Gasteiger partial charge in [-0.1, -0.05) is 0 Å². The van der Waals surface area contributed by atoms with E-state index in [9.17, 15) is 4.79 Å². The minimum atomic E-state index is -0.448. The molecule has 0 atom stereocenters. The predicted molar refractivity (Wildman–Crippen MR) is 65.8 cm³/mol. The first-order chi connectivity index (χ1) is 7.34. The van der Waals surface area contributed by atoms with Crippen LogP contribution in [-0.2, 0) is 0 Å². The summed E-state index contributed by atoms with van der Waals surface area (Å²) in [6, 6.07) is 5.64. The standard InChI is InChI=1S/C12H18N2O2/c1-9-6-7-10(16-12(15)13-2)8-11(9)14(3,4)5/h6-8H,1-5H3/p+1. The summed E-state index contributed by atoms with van der Waals surface area (Å²) in [5, 5.41) is 2.42. The minimum Gasteiger partial charge on any atom is -0.410 e. The lowest BCUT2D eigenvalue weighted by Gasteiger charge is -2.25. The van der Waals surface area contributed by atoms with Crippen LogP contribution in [0, 0.1) is 6.92 Å². The Bertz CT molecular complexity index is 394. The van der Waals surface area contributed by atoms with E-state index in [-0.39, 0.29) is 0 Å². The molecule has 1 amide bonds. The quantitative estimate of drug-likeness (QED) is 0.778. The summed E-state index contributed by atoms with van der Waals surface area (Å²) >= 11 is 0. The molecular weight excluding hydrogens is 204 g/mol. The topological polar surface area (TPSA) is 38.3 Å². The van der Waals surface area contributed by atoms with Crippen molar-refractivity contribution in [3.05, 3.63) is 23.8 Å². The van der Waals surface area contributed by atoms with Gasteiger partial charge in [0.15, 0.2) is 0 Å². The van der Waals surface area contributed by atoms with Crippen molar-refractivity contribution >= 4 is 11.8 Å². The first kappa shape index (κ1) is 12.5. The maximum absolute atomic E-state index is 11.1. The molecule has 0 fully saturated rings. The van der Waals surface area contributed by atoms with E-state index in [2.05, 4.69) is 26.5 Å². The molecule has 0 aliphatic heterocycles. The molecule has 1 N–H and O–H groups in total. The van der Waals surface area contributed by atoms with Crippen molar-refractivity contribution in [3.8, 4) is 5.75 Å². The molecular formula is C12H19N2O2+. The van der Waals surface area contributed by atoms with Gasteiger partial charge in [-0.2, -0.15) is 0 Å². The summed E-state index contributed by atoms with van der Waals surface area (Å²) < 4.78 is 5.79. The van der Waals surface area contributed by atoms with E-state index in [1.807, 2.05) is 19.1 Å². The van der Waals surface area contributed by atoms with Gasteiger partial charge in [0, 0.05) is 18.7 Å². The molecule has 4 nitrogen and oxygen atoms in total. The number of aryl methyl sites for hydroxylation is 1. The number of rotatable bonds is 2. The van der Waals surface area contributed by atoms with Crippen LogP contribution in [0.25, 0.3) is 0 Å². The highest BCUT2D eigenvalue weighted by atomic mass is 16.5. The van der Waals surface area contributed by atoms with Crippen LogP contribution in [0.3, 0.4) is 0 Å². The highest BCUT2D eigenvalue weighted by Gasteiger charge is 2.17. The van der Waals surface area contributed by atoms with Crippen molar-refractivity contribution in [2.45, 2.75) is 6.92 Å². The smallest absolute Gasteiger partial charge is 0.410 e. The van der Waals surface area contributed by atoms with Crippen molar-refractivity contribution in [1.29, 1.82) is 0 Å². The summed E-state index contributed by atoms with van der Waals surface area (Å²) in [6.07, 6.45) is -0.448. The average Bonchev–Trinajstić information content (AvgIpc) is 2.19. The molecule has 1 rings (SSSR count). The van der Waals surface area contributed by atoms with E-state index < -0.39 is 6.09 Å². The molecule has 0 radical (unpaired) electrons. The van der Waals surface area contributed by atoms with Crippen LogP contribution in [0.4, 0.5) is 10.5 Å². The van der Waals surface area contributed by atoms with Crippen LogP contribution in [0.15, 0.2) is 18.2 Å². The largest absolute Gasteiger partial charge is 0.412 e. The first-order valence-electron chi connectivity index (χ1n) is 5.17. The Balaban J connectivity index is 3.03. The lowest BCUT2D eigenvalue weighted by Crippen LogP contribution is -2.35. The van der Waals surface area contributed by atoms with Gasteiger partial charge in [-0.25, -0.2) is 4.79 Å². The van der Waals surface area contributed by atoms with E-state index in [1.165, 1.54) is 12.6 Å². The molecule has 0 saturated heterocycles. The van der Waals surface area contributed by atoms with Crippen molar-refractivity contribution in [2.75, 3.05) is 28.2 Å². The van der Waals surface area contributed by atoms with Crippen molar-refractivity contribution in [2.24, 2.45) is 0 Å². The molecule has 88 valence electrons. The highest BCUT2D eigenvalue weighted by molar-refractivity contribution is 5.70. The number of quaternary nitrogens is 1. The van der Waals surface area contributed by atoms with Gasteiger partial charge in [0.2, 0.25) is 0 Å². The van der Waals surface area contributed by atoms with Crippen LogP contribution in [0.5, 0.6) is 5.75 Å². The summed E-state index contributed by atoms with van der Waals surface area (Å²) in [7, 11) is 7.77. The number of benzene rings is 1. The average molecular weight is 223 g/mol. The monoisotopic (exact) mass is 223 g/mol. The maximum atomic E-state index is 11.1. The van der Waals surface area contributed by atoms with Gasteiger partial charge in [-0.05, 0) is 19.1 Å². The second-order valence-electron chi connectivity index (χ2n) is 4.60. The van der Waals surface area contributed by atoms with Gasteiger partial charge in [-0.3, -0.25) is 4.48 Å². The Labute approximate surface area is 96.4 Å². The number of nitrogens with one attached hydrogen (secondary N) is 1. The number of hydrogen-bond donors (Lipinski definition) is 1. The van der Waals surface area contributed by atoms with Gasteiger partial charge >= 0.3 is 6.09 Å². The van der Waals surface area contributed by atoms with E-state index >= 15 is 0 Å². The first-order valence-corrected chi connectivity index (χ1v) is 5.17. The summed E-state index contributed by atoms with van der Waals surface area (Å²) in [4.78, 5) is 11.1. The Kier molecular flexibility index (Phi) is 3.55. The number of nitrogens with zero attached hydrogens (tertiary/aromatic N) is 1. The second-order valence-corrected chi connectivity index (χ2v) is 4.60. The molecule has 0 bridgehead atoms. The summed E-state index contributed by atoms with van der Waals surface area (Å²) in [6.45, 7) is 2.04. The van der Waals surface area contributed by atoms with Crippen LogP contribution in [-0.4, -0.2) is 34.3 Å². The fourth-order valence-corrected chi connectivity index (χ4v) is 1.53. The third kappa shape index (κ3) is 2.97. The Morgan fingerprint density at radius 3 is 2.44 bits per heavy atom. The SMILES string of the molecule is CNC(=O)Oc1ccc(C)c([N+](C)(C)C)c1. The van der Waals surface area contributed by atoms with Gasteiger partial charge < -0.3 is 10.1 Å². The lowest BCUT2D eigenvalue weighted by molar-refractivity contribution is 0.203. The Morgan fingerprint density at radius 1 is 1.31 bits per heavy atom. The molecule has 16 heavy (non-hydrogen) atoms. The van der Waals surface area contributed by atoms with Crippen LogP contribution < -0.4 is 14.5 Å². The molecule has 0 heterocycles. The zero-order valence-electron chi connectivity index (χ0n) is 10.5. The minimum absolute atomic E-state index is 0.448. The van der Waals surface area contributed by atoms with Crippen LogP contribution in [0.2, 0.25) is 0 Å². The molecule has 4 heteroatoms. The zero-order valence-corrected chi connectivity index (χ0v) is 10.5. The third-order valence-corrected chi connectivity index (χ3v) is 2.32. The van der Waals surface area contributed by atoms with Crippen LogP contribution in [0.1, 0.15) is 5.56 Å². The van der Waals surface area contributed by atoms with Gasteiger partial charge in [0.25, 0.3) is 0 Å². The Morgan fingerprint density at radius 2 is 1.94 bits per heavy atom. The van der Waals surface area contributed by atoms with Gasteiger partial charge in [0.05, 0.1) is 21.1 Å². The number of carbonyl (C=O) groups is 1. The van der Waals surface area contributed by atoms with Crippen molar-refractivity contribution in [3.63, 3.8) is 0 Å². The van der Waals surface area contributed by atoms with Gasteiger partial charge in [0.1, 0.15) is 11.4 Å². The highest BCUT2D eigenvalue weighted by Crippen LogP contribution is 2.27. The fraction of sp³-hybridized carbons (Fsp3) is 0.417. The van der Waals surface area contributed by atoms with E-state index in [4.69, 9.17) is 4.74 Å². The predicted octanol–water partition coefficient (Wildman–Crippen LogP) is 1.91. The molecule has 0 spiro atoms. The fourth-order valence-electron chi connectivity index (χ4n) is 1.53. The van der Waals surface area contributed by atoms with E-state index in [0.29, 0.717) is 10.2 Å². The normalized spacial score (nSPS) is 11.1. The molecule has 0 saturated carbocycles. The molecule has 0 aliphatic rings. The van der Waals surface area contributed by atoms with E-state index in [1.54, 1.807) is 6.07 Å². The van der Waals surface area contributed by atoms with E-state index in [0.717, 1.165) is 5.69 Å². The number of ether oxygens (including phenoxy) is 1. The summed E-state index contributed by atoms with van der Waals surface area (Å²) in [5.41, 5.74) is 2.30. The molecule has 0 aromatic heterocycles. The molecule has 1 aromatic rings. The number of amides is 1. The Hall–Kier alpha value is -1.55. The molecule has 1 aromatic carbocycles. The zero-order chi connectivity index (χ0) is 12.3. The molecule has 0 aliphatic carbocycles. The van der Waals surface area contributed by atoms with Crippen molar-refractivity contribution in [1.82, 2.24) is 9.80 Å². The summed E-state index contributed by atoms with van der Waals surface area (Å²) in [5.74, 6) is 0.563. The van der Waals surface area contributed by atoms with Gasteiger partial charge in [-0.15, -0.1) is 0 Å².